The molecule has 156 valence electrons. The van der Waals surface area contributed by atoms with Crippen LogP contribution >= 0.6 is 22.9 Å². The molecule has 0 amide bonds. The van der Waals surface area contributed by atoms with Gasteiger partial charge < -0.3 is 5.32 Å². The second-order valence-corrected chi connectivity index (χ2v) is 10.2. The molecule has 7 nitrogen and oxygen atoms in total. The highest BCUT2D eigenvalue weighted by molar-refractivity contribution is 7.91. The summed E-state index contributed by atoms with van der Waals surface area (Å²) >= 11 is 7.57. The van der Waals surface area contributed by atoms with Crippen LogP contribution in [-0.4, -0.2) is 28.2 Å². The maximum absolute atomic E-state index is 13.2. The van der Waals surface area contributed by atoms with Gasteiger partial charge in [0.2, 0.25) is 14.9 Å². The van der Waals surface area contributed by atoms with Gasteiger partial charge in [-0.25, -0.2) is 13.4 Å². The fraction of sp³-hybridized carbons (Fsp3) is 0.0952. The Bertz CT molecular complexity index is 1530. The van der Waals surface area contributed by atoms with E-state index < -0.39 is 9.84 Å². The van der Waals surface area contributed by atoms with Crippen molar-refractivity contribution in [3.05, 3.63) is 76.1 Å². The summed E-state index contributed by atoms with van der Waals surface area (Å²) in [6.45, 7) is 2.38. The average Bonchev–Trinajstić information content (AvgIpc) is 3.39. The van der Waals surface area contributed by atoms with Crippen LogP contribution in [-0.2, 0) is 16.4 Å². The zero-order valence-corrected chi connectivity index (χ0v) is 18.7. The summed E-state index contributed by atoms with van der Waals surface area (Å²) in [7, 11) is -3.88. The van der Waals surface area contributed by atoms with Crippen molar-refractivity contribution in [3.63, 3.8) is 0 Å². The Morgan fingerprint density at radius 2 is 1.94 bits per heavy atom. The molecule has 0 aliphatic carbocycles. The van der Waals surface area contributed by atoms with Crippen LogP contribution in [0.25, 0.3) is 15.9 Å². The van der Waals surface area contributed by atoms with Crippen molar-refractivity contribution in [2.24, 2.45) is 0 Å². The third-order valence-corrected chi connectivity index (χ3v) is 7.67. The number of nitrogens with one attached hydrogen (secondary N) is 1. The Balaban J connectivity index is 1.62. The summed E-state index contributed by atoms with van der Waals surface area (Å²) in [5, 5.41) is 13.8. The number of hydrogen-bond acceptors (Lipinski definition) is 7. The van der Waals surface area contributed by atoms with Gasteiger partial charge in [0.25, 0.3) is 0 Å². The number of benzene rings is 2. The normalized spacial score (nSPS) is 11.9. The van der Waals surface area contributed by atoms with E-state index in [2.05, 4.69) is 20.6 Å². The molecule has 1 N–H and O–H groups in total. The Morgan fingerprint density at radius 3 is 2.71 bits per heavy atom. The highest BCUT2D eigenvalue weighted by atomic mass is 35.5. The quantitative estimate of drug-likeness (QED) is 0.399. The van der Waals surface area contributed by atoms with Gasteiger partial charge >= 0.3 is 0 Å². The third-order valence-electron chi connectivity index (χ3n) is 4.86. The molecule has 31 heavy (non-hydrogen) atoms. The van der Waals surface area contributed by atoms with Crippen LogP contribution in [0.15, 0.2) is 69.9 Å². The fourth-order valence-electron chi connectivity index (χ4n) is 3.28. The Morgan fingerprint density at radius 1 is 1.13 bits per heavy atom. The number of hydrogen-bond donors (Lipinski definition) is 1. The van der Waals surface area contributed by atoms with Gasteiger partial charge in [-0.1, -0.05) is 46.6 Å². The molecule has 3 heterocycles. The maximum atomic E-state index is 13.2. The molecule has 3 aromatic heterocycles. The lowest BCUT2D eigenvalue weighted by Gasteiger charge is -2.09. The van der Waals surface area contributed by atoms with Crippen LogP contribution in [0.1, 0.15) is 11.1 Å². The van der Waals surface area contributed by atoms with Gasteiger partial charge in [0.1, 0.15) is 5.82 Å². The van der Waals surface area contributed by atoms with Crippen LogP contribution in [0.5, 0.6) is 0 Å². The number of anilines is 1. The standard InChI is InChI=1S/C21H16ClN5O2S2/c1-13-5-7-16(8-6-13)31(28,29)21-20-24-19(23-12-14-3-2-4-15(22)11-14)18-17(9-10-30-18)27(20)26-25-21/h2-11H,12H2,1H3,(H,23,24). The lowest BCUT2D eigenvalue weighted by Crippen LogP contribution is -2.06. The maximum Gasteiger partial charge on any atom is 0.229 e. The molecule has 0 aliphatic heterocycles. The second-order valence-electron chi connectivity index (χ2n) is 7.03. The van der Waals surface area contributed by atoms with Crippen molar-refractivity contribution in [2.45, 2.75) is 23.4 Å². The summed E-state index contributed by atoms with van der Waals surface area (Å²) < 4.78 is 28.8. The topological polar surface area (TPSA) is 89.2 Å². The lowest BCUT2D eigenvalue weighted by atomic mass is 10.2. The molecule has 0 unspecified atom stereocenters. The molecular formula is C21H16ClN5O2S2. The molecule has 0 fully saturated rings. The summed E-state index contributed by atoms with van der Waals surface area (Å²) in [6.07, 6.45) is 0. The molecule has 0 atom stereocenters. The van der Waals surface area contributed by atoms with E-state index >= 15 is 0 Å². The smallest absolute Gasteiger partial charge is 0.229 e. The number of aromatic nitrogens is 4. The molecule has 0 saturated heterocycles. The molecule has 0 saturated carbocycles. The third kappa shape index (κ3) is 3.54. The first-order chi connectivity index (χ1) is 14.9. The Hall–Kier alpha value is -3.01. The minimum absolute atomic E-state index is 0.154. The Labute approximate surface area is 187 Å². The van der Waals surface area contributed by atoms with Gasteiger partial charge in [0.05, 0.1) is 15.1 Å². The van der Waals surface area contributed by atoms with Crippen molar-refractivity contribution in [3.8, 4) is 0 Å². The van der Waals surface area contributed by atoms with E-state index in [4.69, 9.17) is 11.6 Å². The monoisotopic (exact) mass is 469 g/mol. The predicted octanol–water partition coefficient (Wildman–Crippen LogP) is 4.75. The number of fused-ring (bicyclic) bond motifs is 3. The van der Waals surface area contributed by atoms with Crippen LogP contribution in [0.4, 0.5) is 5.82 Å². The first kappa shape index (κ1) is 19.9. The van der Waals surface area contributed by atoms with E-state index in [1.165, 1.54) is 15.9 Å². The molecule has 0 aliphatic rings. The minimum Gasteiger partial charge on any atom is -0.365 e. The molecule has 10 heteroatoms. The van der Waals surface area contributed by atoms with Gasteiger partial charge in [0, 0.05) is 11.6 Å². The van der Waals surface area contributed by atoms with Crippen molar-refractivity contribution in [1.29, 1.82) is 0 Å². The number of rotatable bonds is 5. The summed E-state index contributed by atoms with van der Waals surface area (Å²) in [4.78, 5) is 4.76. The molecular weight excluding hydrogens is 454 g/mol. The zero-order chi connectivity index (χ0) is 21.6. The fourth-order valence-corrected chi connectivity index (χ4v) is 5.56. The highest BCUT2D eigenvalue weighted by Crippen LogP contribution is 2.31. The van der Waals surface area contributed by atoms with Gasteiger partial charge in [-0.2, -0.15) is 4.52 Å². The van der Waals surface area contributed by atoms with Gasteiger partial charge in [-0.05, 0) is 48.2 Å². The van der Waals surface area contributed by atoms with Crippen LogP contribution in [0.2, 0.25) is 5.02 Å². The van der Waals surface area contributed by atoms with Crippen molar-refractivity contribution in [2.75, 3.05) is 5.32 Å². The lowest BCUT2D eigenvalue weighted by molar-refractivity contribution is 0.592. The van der Waals surface area contributed by atoms with Gasteiger partial charge in [-0.3, -0.25) is 0 Å². The first-order valence-electron chi connectivity index (χ1n) is 9.36. The second kappa shape index (κ2) is 7.60. The van der Waals surface area contributed by atoms with E-state index in [1.807, 2.05) is 42.6 Å². The number of sulfone groups is 1. The minimum atomic E-state index is -3.88. The number of nitrogens with zero attached hydrogens (tertiary/aromatic N) is 4. The first-order valence-corrected chi connectivity index (χ1v) is 12.1. The van der Waals surface area contributed by atoms with E-state index in [1.54, 1.807) is 24.3 Å². The van der Waals surface area contributed by atoms with Crippen molar-refractivity contribution >= 4 is 54.5 Å². The molecule has 5 aromatic rings. The molecule has 0 spiro atoms. The number of aryl methyl sites for hydroxylation is 1. The van der Waals surface area contributed by atoms with Crippen LogP contribution in [0.3, 0.4) is 0 Å². The molecule has 0 bridgehead atoms. The van der Waals surface area contributed by atoms with Crippen molar-refractivity contribution < 1.29 is 8.42 Å². The van der Waals surface area contributed by atoms with Crippen LogP contribution in [0, 0.1) is 6.92 Å². The highest BCUT2D eigenvalue weighted by Gasteiger charge is 2.27. The summed E-state index contributed by atoms with van der Waals surface area (Å²) in [5.74, 6) is 0.570. The van der Waals surface area contributed by atoms with E-state index in [0.29, 0.717) is 17.4 Å². The van der Waals surface area contributed by atoms with E-state index in [9.17, 15) is 8.42 Å². The molecule has 0 radical (unpaired) electrons. The Kier molecular flexibility index (Phi) is 4.88. The van der Waals surface area contributed by atoms with Gasteiger partial charge in [0.15, 0.2) is 5.65 Å². The summed E-state index contributed by atoms with van der Waals surface area (Å²) in [6, 6.07) is 16.0. The molecule has 5 rings (SSSR count). The average molecular weight is 470 g/mol. The van der Waals surface area contributed by atoms with Crippen molar-refractivity contribution in [1.82, 2.24) is 19.8 Å². The number of thiophene rings is 1. The predicted molar refractivity (Wildman–Crippen MR) is 122 cm³/mol. The zero-order valence-electron chi connectivity index (χ0n) is 16.3. The van der Waals surface area contributed by atoms with E-state index in [0.717, 1.165) is 21.3 Å². The molecule has 2 aromatic carbocycles. The van der Waals surface area contributed by atoms with Crippen LogP contribution < -0.4 is 5.32 Å². The number of halogens is 1. The SMILES string of the molecule is Cc1ccc(S(=O)(=O)c2nnn3c2nc(NCc2cccc(Cl)c2)c2sccc23)cc1. The van der Waals surface area contributed by atoms with E-state index in [-0.39, 0.29) is 15.6 Å². The van der Waals surface area contributed by atoms with Gasteiger partial charge in [-0.15, -0.1) is 16.4 Å². The largest absolute Gasteiger partial charge is 0.365 e. The summed E-state index contributed by atoms with van der Waals surface area (Å²) in [5.41, 5.74) is 2.87.